The van der Waals surface area contributed by atoms with E-state index in [4.69, 9.17) is 0 Å². The number of rotatable bonds is 4. The lowest BCUT2D eigenvalue weighted by molar-refractivity contribution is 0.240. The van der Waals surface area contributed by atoms with Gasteiger partial charge < -0.3 is 5.32 Å². The Morgan fingerprint density at radius 3 is 2.59 bits per heavy atom. The van der Waals surface area contributed by atoms with Gasteiger partial charge in [-0.3, -0.25) is 0 Å². The maximum absolute atomic E-state index is 3.84. The van der Waals surface area contributed by atoms with Gasteiger partial charge in [-0.1, -0.05) is 56.5 Å². The van der Waals surface area contributed by atoms with Gasteiger partial charge in [0, 0.05) is 12.1 Å². The van der Waals surface area contributed by atoms with Gasteiger partial charge in [-0.15, -0.1) is 0 Å². The summed E-state index contributed by atoms with van der Waals surface area (Å²) >= 11 is 0. The third kappa shape index (κ3) is 3.32. The van der Waals surface area contributed by atoms with Gasteiger partial charge in [-0.25, -0.2) is 0 Å². The van der Waals surface area contributed by atoms with Crippen molar-refractivity contribution in [2.45, 2.75) is 58.0 Å². The standard InChI is InChI=1S/C16H25N/c1-3-14-9-7-8-12-16(14)17-13(2)15-10-5-4-6-11-15/h4-6,10-11,13-14,16-17H,3,7-9,12H2,1-2H3/t13-,14?,16?/m0/s1. The molecule has 0 radical (unpaired) electrons. The average molecular weight is 231 g/mol. The van der Waals surface area contributed by atoms with Gasteiger partial charge in [0.05, 0.1) is 0 Å². The molecule has 1 aromatic rings. The van der Waals surface area contributed by atoms with E-state index in [2.05, 4.69) is 49.5 Å². The summed E-state index contributed by atoms with van der Waals surface area (Å²) in [5, 5.41) is 3.84. The van der Waals surface area contributed by atoms with Gasteiger partial charge in [0.25, 0.3) is 0 Å². The van der Waals surface area contributed by atoms with Crippen LogP contribution in [0.1, 0.15) is 57.6 Å². The van der Waals surface area contributed by atoms with Crippen LogP contribution < -0.4 is 5.32 Å². The molecule has 1 aliphatic carbocycles. The molecule has 0 heterocycles. The minimum Gasteiger partial charge on any atom is -0.307 e. The Morgan fingerprint density at radius 2 is 1.88 bits per heavy atom. The molecule has 1 aromatic carbocycles. The monoisotopic (exact) mass is 231 g/mol. The highest BCUT2D eigenvalue weighted by atomic mass is 15.0. The zero-order valence-electron chi connectivity index (χ0n) is 11.2. The van der Waals surface area contributed by atoms with E-state index in [0.717, 1.165) is 12.0 Å². The summed E-state index contributed by atoms with van der Waals surface area (Å²) in [6.45, 7) is 4.62. The third-order valence-electron chi connectivity index (χ3n) is 4.20. The second-order valence-corrected chi connectivity index (χ2v) is 5.36. The van der Waals surface area contributed by atoms with Gasteiger partial charge in [0.1, 0.15) is 0 Å². The second kappa shape index (κ2) is 6.20. The topological polar surface area (TPSA) is 12.0 Å². The molecular weight excluding hydrogens is 206 g/mol. The Hall–Kier alpha value is -0.820. The number of hydrogen-bond donors (Lipinski definition) is 1. The van der Waals surface area contributed by atoms with Crippen molar-refractivity contribution in [1.29, 1.82) is 0 Å². The molecule has 0 spiro atoms. The van der Waals surface area contributed by atoms with Crippen LogP contribution in [-0.4, -0.2) is 6.04 Å². The zero-order chi connectivity index (χ0) is 12.1. The summed E-state index contributed by atoms with van der Waals surface area (Å²) < 4.78 is 0. The quantitative estimate of drug-likeness (QED) is 0.814. The fourth-order valence-electron chi connectivity index (χ4n) is 3.07. The minimum absolute atomic E-state index is 0.480. The SMILES string of the molecule is CCC1CCCCC1N[C@@H](C)c1ccccc1. The van der Waals surface area contributed by atoms with E-state index in [1.807, 2.05) is 0 Å². The van der Waals surface area contributed by atoms with E-state index in [1.54, 1.807) is 0 Å². The summed E-state index contributed by atoms with van der Waals surface area (Å²) in [4.78, 5) is 0. The first-order chi connectivity index (χ1) is 8.31. The predicted octanol–water partition coefficient (Wildman–Crippen LogP) is 4.31. The first-order valence-electron chi connectivity index (χ1n) is 7.12. The van der Waals surface area contributed by atoms with Crippen LogP contribution in [0.5, 0.6) is 0 Å². The van der Waals surface area contributed by atoms with Crippen molar-refractivity contribution in [1.82, 2.24) is 5.32 Å². The summed E-state index contributed by atoms with van der Waals surface area (Å²) in [6, 6.07) is 12.0. The summed E-state index contributed by atoms with van der Waals surface area (Å²) in [5.74, 6) is 0.884. The first-order valence-corrected chi connectivity index (χ1v) is 7.12. The third-order valence-corrected chi connectivity index (χ3v) is 4.20. The van der Waals surface area contributed by atoms with Gasteiger partial charge in [-0.2, -0.15) is 0 Å². The fourth-order valence-corrected chi connectivity index (χ4v) is 3.07. The van der Waals surface area contributed by atoms with E-state index >= 15 is 0 Å². The van der Waals surface area contributed by atoms with Crippen molar-refractivity contribution in [3.05, 3.63) is 35.9 Å². The molecule has 94 valence electrons. The molecule has 2 unspecified atom stereocenters. The molecule has 1 aliphatic rings. The van der Waals surface area contributed by atoms with Crippen LogP contribution in [0, 0.1) is 5.92 Å². The maximum Gasteiger partial charge on any atom is 0.0294 e. The second-order valence-electron chi connectivity index (χ2n) is 5.36. The van der Waals surface area contributed by atoms with Crippen molar-refractivity contribution >= 4 is 0 Å². The Labute approximate surface area is 106 Å². The molecular formula is C16H25N. The average Bonchev–Trinajstić information content (AvgIpc) is 2.40. The van der Waals surface area contributed by atoms with Crippen molar-refractivity contribution in [2.24, 2.45) is 5.92 Å². The lowest BCUT2D eigenvalue weighted by atomic mass is 9.82. The molecule has 1 nitrogen and oxygen atoms in total. The van der Waals surface area contributed by atoms with E-state index in [-0.39, 0.29) is 0 Å². The van der Waals surface area contributed by atoms with Gasteiger partial charge in [0.15, 0.2) is 0 Å². The zero-order valence-corrected chi connectivity index (χ0v) is 11.2. The molecule has 0 aliphatic heterocycles. The number of benzene rings is 1. The Kier molecular flexibility index (Phi) is 4.61. The van der Waals surface area contributed by atoms with Gasteiger partial charge >= 0.3 is 0 Å². The van der Waals surface area contributed by atoms with Crippen molar-refractivity contribution in [3.63, 3.8) is 0 Å². The number of nitrogens with one attached hydrogen (secondary N) is 1. The van der Waals surface area contributed by atoms with Crippen molar-refractivity contribution in [3.8, 4) is 0 Å². The fraction of sp³-hybridized carbons (Fsp3) is 0.625. The van der Waals surface area contributed by atoms with Crippen LogP contribution in [0.2, 0.25) is 0 Å². The molecule has 17 heavy (non-hydrogen) atoms. The minimum atomic E-state index is 0.480. The predicted molar refractivity (Wildman–Crippen MR) is 74.0 cm³/mol. The van der Waals surface area contributed by atoms with Crippen LogP contribution in [0.25, 0.3) is 0 Å². The summed E-state index contributed by atoms with van der Waals surface area (Å²) in [7, 11) is 0. The van der Waals surface area contributed by atoms with E-state index in [1.165, 1.54) is 37.7 Å². The van der Waals surface area contributed by atoms with E-state index < -0.39 is 0 Å². The smallest absolute Gasteiger partial charge is 0.0294 e. The molecule has 0 saturated heterocycles. The van der Waals surface area contributed by atoms with E-state index in [9.17, 15) is 0 Å². The molecule has 1 heteroatoms. The molecule has 0 aromatic heterocycles. The molecule has 0 amide bonds. The van der Waals surface area contributed by atoms with Gasteiger partial charge in [-0.05, 0) is 31.2 Å². The number of hydrogen-bond acceptors (Lipinski definition) is 1. The Morgan fingerprint density at radius 1 is 1.18 bits per heavy atom. The van der Waals surface area contributed by atoms with Crippen LogP contribution in [0.15, 0.2) is 30.3 Å². The lowest BCUT2D eigenvalue weighted by Gasteiger charge is -2.34. The highest BCUT2D eigenvalue weighted by molar-refractivity contribution is 5.18. The molecule has 0 bridgehead atoms. The normalized spacial score (nSPS) is 26.7. The molecule has 2 rings (SSSR count). The molecule has 1 saturated carbocycles. The van der Waals surface area contributed by atoms with Gasteiger partial charge in [0.2, 0.25) is 0 Å². The van der Waals surface area contributed by atoms with Crippen LogP contribution >= 0.6 is 0 Å². The van der Waals surface area contributed by atoms with E-state index in [0.29, 0.717) is 6.04 Å². The van der Waals surface area contributed by atoms with Crippen LogP contribution in [0.3, 0.4) is 0 Å². The molecule has 1 N–H and O–H groups in total. The highest BCUT2D eigenvalue weighted by Gasteiger charge is 2.24. The van der Waals surface area contributed by atoms with Crippen molar-refractivity contribution in [2.75, 3.05) is 0 Å². The summed E-state index contributed by atoms with van der Waals surface area (Å²) in [6.07, 6.45) is 6.91. The Balaban J connectivity index is 1.95. The lowest BCUT2D eigenvalue weighted by Crippen LogP contribution is -2.39. The van der Waals surface area contributed by atoms with Crippen LogP contribution in [-0.2, 0) is 0 Å². The highest BCUT2D eigenvalue weighted by Crippen LogP contribution is 2.28. The first kappa shape index (κ1) is 12.6. The molecule has 1 fully saturated rings. The largest absolute Gasteiger partial charge is 0.307 e. The maximum atomic E-state index is 3.84. The summed E-state index contributed by atoms with van der Waals surface area (Å²) in [5.41, 5.74) is 1.41. The van der Waals surface area contributed by atoms with Crippen LogP contribution in [0.4, 0.5) is 0 Å². The Bertz CT molecular complexity index is 320. The van der Waals surface area contributed by atoms with Crippen molar-refractivity contribution < 1.29 is 0 Å². The molecule has 3 atom stereocenters.